The number of rotatable bonds is 8. The number of ether oxygens (including phenoxy) is 1. The molecule has 1 saturated heterocycles. The molecular weight excluding hydrogens is 472 g/mol. The molecule has 202 valence electrons. The van der Waals surface area contributed by atoms with E-state index in [1.165, 1.54) is 19.1 Å². The Balaban J connectivity index is 0.00000106. The molecule has 1 aliphatic heterocycles. The van der Waals surface area contributed by atoms with Gasteiger partial charge in [-0.2, -0.15) is 0 Å². The van der Waals surface area contributed by atoms with Gasteiger partial charge in [-0.15, -0.1) is 0 Å². The van der Waals surface area contributed by atoms with Gasteiger partial charge in [0, 0.05) is 33.1 Å². The molecule has 1 saturated carbocycles. The smallest absolute Gasteiger partial charge is 0.157 e. The Bertz CT molecular complexity index is 1080. The molecule has 1 atom stereocenters. The van der Waals surface area contributed by atoms with E-state index in [1.54, 1.807) is 20.3 Å². The van der Waals surface area contributed by atoms with Gasteiger partial charge in [-0.05, 0) is 61.4 Å². The van der Waals surface area contributed by atoms with Gasteiger partial charge in [0.15, 0.2) is 9.84 Å². The van der Waals surface area contributed by atoms with Gasteiger partial charge in [-0.25, -0.2) is 13.4 Å². The molecule has 0 N–H and O–H groups in total. The number of nitrogens with zero attached hydrogens (tertiary/aromatic N) is 4. The molecule has 1 aromatic rings. The Morgan fingerprint density at radius 3 is 2.36 bits per heavy atom. The van der Waals surface area contributed by atoms with Crippen LogP contribution in [0.25, 0.3) is 0 Å². The normalized spacial score (nSPS) is 20.5. The van der Waals surface area contributed by atoms with Crippen LogP contribution in [0.2, 0.25) is 0 Å². The summed E-state index contributed by atoms with van der Waals surface area (Å²) in [5, 5.41) is 0. The lowest BCUT2D eigenvalue weighted by Crippen LogP contribution is -2.44. The van der Waals surface area contributed by atoms with Crippen molar-refractivity contribution in [1.29, 1.82) is 0 Å². The number of aromatic nitrogens is 1. The van der Waals surface area contributed by atoms with Crippen LogP contribution in [0.4, 0.5) is 5.82 Å². The van der Waals surface area contributed by atoms with Crippen LogP contribution in [0.1, 0.15) is 77.1 Å². The Labute approximate surface area is 219 Å². The van der Waals surface area contributed by atoms with Gasteiger partial charge < -0.3 is 9.64 Å². The van der Waals surface area contributed by atoms with Crippen LogP contribution in [0, 0.1) is 12.8 Å². The van der Waals surface area contributed by atoms with Crippen molar-refractivity contribution in [1.82, 2.24) is 4.98 Å². The Morgan fingerprint density at radius 1 is 1.28 bits per heavy atom. The fourth-order valence-electron chi connectivity index (χ4n) is 4.54. The highest BCUT2D eigenvalue weighted by Gasteiger charge is 2.55. The lowest BCUT2D eigenvalue weighted by molar-refractivity contribution is 0.0985. The quantitative estimate of drug-likeness (QED) is 0.444. The second-order valence-corrected chi connectivity index (χ2v) is 12.5. The summed E-state index contributed by atoms with van der Waals surface area (Å²) in [6.07, 6.45) is 9.01. The number of morpholine rings is 1. The number of hydrogen-bond acceptors (Lipinski definition) is 7. The first kappa shape index (κ1) is 30.2. The molecule has 0 aromatic carbocycles. The Morgan fingerprint density at radius 2 is 1.92 bits per heavy atom. The first-order valence-electron chi connectivity index (χ1n) is 13.1. The molecule has 0 bridgehead atoms. The summed E-state index contributed by atoms with van der Waals surface area (Å²) in [4.78, 5) is 16.0. The topological polar surface area (TPSA) is 84.2 Å². The van der Waals surface area contributed by atoms with Crippen LogP contribution in [0.3, 0.4) is 0 Å². The van der Waals surface area contributed by atoms with Crippen molar-refractivity contribution in [2.24, 2.45) is 15.9 Å². The van der Waals surface area contributed by atoms with Crippen molar-refractivity contribution in [3.05, 3.63) is 34.5 Å². The molecule has 1 unspecified atom stereocenters. The molecule has 2 aliphatic rings. The predicted molar refractivity (Wildman–Crippen MR) is 153 cm³/mol. The fraction of sp³-hybridized carbons (Fsp3) is 0.679. The highest BCUT2D eigenvalue weighted by molar-refractivity contribution is 7.92. The Hall–Kier alpha value is -2.06. The summed E-state index contributed by atoms with van der Waals surface area (Å²) < 4.78 is 30.5. The minimum absolute atomic E-state index is 0.155. The summed E-state index contributed by atoms with van der Waals surface area (Å²) in [5.74, 6) is 0.992. The van der Waals surface area contributed by atoms with Crippen molar-refractivity contribution < 1.29 is 13.2 Å². The zero-order valence-electron chi connectivity index (χ0n) is 23.8. The van der Waals surface area contributed by atoms with Gasteiger partial charge in [0.25, 0.3) is 0 Å². The van der Waals surface area contributed by atoms with E-state index in [9.17, 15) is 8.42 Å². The van der Waals surface area contributed by atoms with Crippen molar-refractivity contribution in [3.63, 3.8) is 0 Å². The molecule has 2 heterocycles. The molecule has 1 aromatic heterocycles. The largest absolute Gasteiger partial charge is 0.377 e. The number of unbranched alkanes of at least 4 members (excludes halogenated alkanes) is 1. The first-order valence-corrected chi connectivity index (χ1v) is 15.0. The van der Waals surface area contributed by atoms with Crippen molar-refractivity contribution in [3.8, 4) is 0 Å². The van der Waals surface area contributed by atoms with Gasteiger partial charge in [0.05, 0.1) is 35.4 Å². The van der Waals surface area contributed by atoms with E-state index in [4.69, 9.17) is 9.72 Å². The van der Waals surface area contributed by atoms with Gasteiger partial charge >= 0.3 is 0 Å². The van der Waals surface area contributed by atoms with Crippen molar-refractivity contribution >= 4 is 27.6 Å². The summed E-state index contributed by atoms with van der Waals surface area (Å²) in [5.41, 5.74) is 4.30. The maximum Gasteiger partial charge on any atom is 0.157 e. The van der Waals surface area contributed by atoms with Gasteiger partial charge in [-0.1, -0.05) is 40.5 Å². The number of allylic oxidation sites excluding steroid dienone is 2. The highest BCUT2D eigenvalue weighted by atomic mass is 32.2. The zero-order valence-corrected chi connectivity index (χ0v) is 24.6. The number of aliphatic imine (C=N–C) groups is 2. The second kappa shape index (κ2) is 13.0. The summed E-state index contributed by atoms with van der Waals surface area (Å²) in [6.45, 7) is 14.6. The zero-order chi connectivity index (χ0) is 27.1. The maximum absolute atomic E-state index is 12.8. The lowest BCUT2D eigenvalue weighted by Gasteiger charge is -2.35. The highest BCUT2D eigenvalue weighted by Crippen LogP contribution is 2.54. The molecule has 0 radical (unpaired) electrons. The standard InChI is InChI=1S/C24H36N4O3S.C4H10/c1-16(2)19(8-11-25-5)23(26-6)22-18(4)20(24(9-10-24)32(7,29)30)14-21(27-22)28-12-13-31-15-17(28)3;1-3-4-2/h8,11,14,16-17H,9-10,12-13,15H2,1-7H3;3-4H2,1-2H3/b19-8+,25-11?,26-23?;. The molecular formula is C28H46N4O3S. The molecule has 0 amide bonds. The predicted octanol–water partition coefficient (Wildman–Crippen LogP) is 5.16. The van der Waals surface area contributed by atoms with Gasteiger partial charge in [0.2, 0.25) is 0 Å². The maximum atomic E-state index is 12.8. The van der Waals surface area contributed by atoms with Crippen LogP contribution in [-0.4, -0.2) is 71.5 Å². The molecule has 36 heavy (non-hydrogen) atoms. The van der Waals surface area contributed by atoms with Gasteiger partial charge in [-0.3, -0.25) is 9.98 Å². The van der Waals surface area contributed by atoms with E-state index in [2.05, 4.69) is 49.5 Å². The van der Waals surface area contributed by atoms with Crippen LogP contribution in [0.15, 0.2) is 27.7 Å². The van der Waals surface area contributed by atoms with Gasteiger partial charge in [0.1, 0.15) is 5.82 Å². The molecule has 8 heteroatoms. The van der Waals surface area contributed by atoms with E-state index in [0.717, 1.165) is 40.5 Å². The number of anilines is 1. The van der Waals surface area contributed by atoms with Crippen LogP contribution in [0.5, 0.6) is 0 Å². The third kappa shape index (κ3) is 6.62. The molecule has 1 aliphatic carbocycles. The summed E-state index contributed by atoms with van der Waals surface area (Å²) in [6, 6.07) is 2.15. The number of pyridine rings is 1. The third-order valence-electron chi connectivity index (χ3n) is 7.07. The van der Waals surface area contributed by atoms with Crippen LogP contribution < -0.4 is 4.90 Å². The van der Waals surface area contributed by atoms with E-state index in [-0.39, 0.29) is 12.0 Å². The monoisotopic (exact) mass is 518 g/mol. The minimum atomic E-state index is -3.27. The van der Waals surface area contributed by atoms with Crippen LogP contribution >= 0.6 is 0 Å². The SMILES string of the molecule is CCCC.CN=C/C=C(/C(=NC)c1nc(N2CCOCC2C)cc(C2(S(C)(=O)=O)CC2)c1C)C(C)C. The fourth-order valence-corrected chi connectivity index (χ4v) is 5.99. The summed E-state index contributed by atoms with van der Waals surface area (Å²) in [7, 11) is 0.231. The second-order valence-electron chi connectivity index (χ2n) is 10.1. The summed E-state index contributed by atoms with van der Waals surface area (Å²) >= 11 is 0. The third-order valence-corrected chi connectivity index (χ3v) is 9.12. The number of sulfone groups is 1. The van der Waals surface area contributed by atoms with E-state index in [0.29, 0.717) is 26.1 Å². The Kier molecular flexibility index (Phi) is 10.9. The minimum Gasteiger partial charge on any atom is -0.377 e. The molecule has 0 spiro atoms. The number of hydrogen-bond donors (Lipinski definition) is 0. The molecule has 7 nitrogen and oxygen atoms in total. The average molecular weight is 519 g/mol. The van der Waals surface area contributed by atoms with Crippen molar-refractivity contribution in [2.45, 2.75) is 78.0 Å². The first-order chi connectivity index (χ1) is 17.0. The molecule has 3 rings (SSSR count). The van der Waals surface area contributed by atoms with E-state index < -0.39 is 14.6 Å². The van der Waals surface area contributed by atoms with E-state index in [1.807, 2.05) is 19.1 Å². The lowest BCUT2D eigenvalue weighted by atomic mass is 9.91. The van der Waals surface area contributed by atoms with Crippen LogP contribution in [-0.2, 0) is 19.3 Å². The average Bonchev–Trinajstić information content (AvgIpc) is 3.65. The molecule has 2 fully saturated rings. The van der Waals surface area contributed by atoms with Crippen molar-refractivity contribution in [2.75, 3.05) is 45.0 Å². The van der Waals surface area contributed by atoms with E-state index >= 15 is 0 Å².